The van der Waals surface area contributed by atoms with Gasteiger partial charge in [-0.25, -0.2) is 9.00 Å². The van der Waals surface area contributed by atoms with Crippen LogP contribution in [0.25, 0.3) is 0 Å². The molecule has 0 amide bonds. The number of rotatable bonds is 13. The lowest BCUT2D eigenvalue weighted by Crippen LogP contribution is -2.15. The number of carbonyl (C=O) groups excluding carboxylic acids is 1. The Balaban J connectivity index is 4.66. The summed E-state index contributed by atoms with van der Waals surface area (Å²) in [6, 6.07) is 0. The fraction of sp³-hybridized carbons (Fsp3) is 0.667. The van der Waals surface area contributed by atoms with Gasteiger partial charge in [-0.1, -0.05) is 0 Å². The average Bonchev–Trinajstić information content (AvgIpc) is 2.51. The Kier molecular flexibility index (Phi) is 13.6. The van der Waals surface area contributed by atoms with Gasteiger partial charge in [-0.3, -0.25) is 4.18 Å². The minimum atomic E-state index is -1.93. The Hall–Kier alpha value is -1.22. The summed E-state index contributed by atoms with van der Waals surface area (Å²) in [7, 11) is 3.64. The van der Waals surface area contributed by atoms with Crippen LogP contribution >= 0.6 is 0 Å². The number of hydrogen-bond donors (Lipinski definition) is 2. The van der Waals surface area contributed by atoms with E-state index >= 15 is 0 Å². The van der Waals surface area contributed by atoms with Gasteiger partial charge in [-0.05, 0) is 44.0 Å². The van der Waals surface area contributed by atoms with Gasteiger partial charge in [0.05, 0.1) is 13.2 Å². The molecule has 7 nitrogen and oxygen atoms in total. The van der Waals surface area contributed by atoms with Gasteiger partial charge in [0.25, 0.3) is 0 Å². The van der Waals surface area contributed by atoms with E-state index in [1.54, 1.807) is 17.2 Å². The quantitative estimate of drug-likeness (QED) is 0.219. The summed E-state index contributed by atoms with van der Waals surface area (Å²) in [6.45, 7) is 0.401. The molecule has 0 heterocycles. The number of ether oxygens (including phenoxy) is 1. The monoisotopic (exact) mass is 349 g/mol. The molecule has 0 fully saturated rings. The molecule has 0 bridgehead atoms. The van der Waals surface area contributed by atoms with Crippen molar-refractivity contribution in [1.29, 1.82) is 0 Å². The number of aliphatic hydroxyl groups is 2. The number of carbonyl (C=O) groups is 1. The SMILES string of the molecule is CN(C)/C=C/C=C(\C(=O)OCCCCO)S(=O)OCCCCO. The molecule has 1 atom stereocenters. The van der Waals surface area contributed by atoms with E-state index in [-0.39, 0.29) is 31.3 Å². The number of hydrogen-bond acceptors (Lipinski definition) is 7. The van der Waals surface area contributed by atoms with E-state index in [1.807, 2.05) is 14.1 Å². The van der Waals surface area contributed by atoms with Gasteiger partial charge in [0.2, 0.25) is 0 Å². The number of unbranched alkanes of at least 4 members (excludes halogenated alkanes) is 2. The lowest BCUT2D eigenvalue weighted by molar-refractivity contribution is -0.138. The minimum absolute atomic E-state index is 0.0335. The molecule has 0 aliphatic rings. The Morgan fingerprint density at radius 2 is 1.70 bits per heavy atom. The Morgan fingerprint density at radius 1 is 1.09 bits per heavy atom. The van der Waals surface area contributed by atoms with Gasteiger partial charge >= 0.3 is 5.97 Å². The van der Waals surface area contributed by atoms with E-state index < -0.39 is 17.0 Å². The van der Waals surface area contributed by atoms with Crippen LogP contribution in [0.3, 0.4) is 0 Å². The van der Waals surface area contributed by atoms with Crippen molar-refractivity contribution in [2.75, 3.05) is 40.5 Å². The van der Waals surface area contributed by atoms with E-state index in [2.05, 4.69) is 0 Å². The van der Waals surface area contributed by atoms with Crippen molar-refractivity contribution in [3.8, 4) is 0 Å². The fourth-order valence-electron chi connectivity index (χ4n) is 1.36. The van der Waals surface area contributed by atoms with Crippen molar-refractivity contribution in [2.24, 2.45) is 0 Å². The summed E-state index contributed by atoms with van der Waals surface area (Å²) in [4.78, 5) is 13.7. The molecule has 0 aliphatic carbocycles. The zero-order chi connectivity index (χ0) is 17.5. The highest BCUT2D eigenvalue weighted by Crippen LogP contribution is 2.09. The van der Waals surface area contributed by atoms with Gasteiger partial charge in [-0.2, -0.15) is 0 Å². The Morgan fingerprint density at radius 3 is 2.26 bits per heavy atom. The second-order valence-corrected chi connectivity index (χ2v) is 6.04. The van der Waals surface area contributed by atoms with E-state index in [9.17, 15) is 9.00 Å². The molecule has 0 aromatic heterocycles. The lowest BCUT2D eigenvalue weighted by atomic mass is 10.3. The smallest absolute Gasteiger partial charge is 0.349 e. The maximum absolute atomic E-state index is 12.1. The molecule has 0 aromatic carbocycles. The van der Waals surface area contributed by atoms with E-state index in [1.165, 1.54) is 6.08 Å². The van der Waals surface area contributed by atoms with Crippen LogP contribution in [0.1, 0.15) is 25.7 Å². The molecule has 0 spiro atoms. The van der Waals surface area contributed by atoms with Crippen LogP contribution in [0.4, 0.5) is 0 Å². The number of esters is 1. The molecular formula is C15H27NO6S. The van der Waals surface area contributed by atoms with Crippen molar-refractivity contribution in [1.82, 2.24) is 4.90 Å². The molecule has 0 radical (unpaired) electrons. The molecule has 0 aromatic rings. The molecule has 23 heavy (non-hydrogen) atoms. The van der Waals surface area contributed by atoms with Crippen molar-refractivity contribution in [2.45, 2.75) is 25.7 Å². The third kappa shape index (κ3) is 11.9. The molecule has 2 N–H and O–H groups in total. The summed E-state index contributed by atoms with van der Waals surface area (Å²) < 4.78 is 22.2. The summed E-state index contributed by atoms with van der Waals surface area (Å²) in [6.07, 6.45) is 6.84. The molecular weight excluding hydrogens is 322 g/mol. The second-order valence-electron chi connectivity index (χ2n) is 4.89. The molecule has 0 aliphatic heterocycles. The maximum Gasteiger partial charge on any atom is 0.349 e. The highest BCUT2D eigenvalue weighted by molar-refractivity contribution is 7.85. The summed E-state index contributed by atoms with van der Waals surface area (Å²) in [5.74, 6) is -0.702. The van der Waals surface area contributed by atoms with Gasteiger partial charge < -0.3 is 19.8 Å². The number of allylic oxidation sites excluding steroid dienone is 2. The second kappa shape index (κ2) is 14.4. The summed E-state index contributed by atoms with van der Waals surface area (Å²) in [5, 5.41) is 17.4. The summed E-state index contributed by atoms with van der Waals surface area (Å²) in [5.41, 5.74) is 0. The lowest BCUT2D eigenvalue weighted by Gasteiger charge is -2.08. The maximum atomic E-state index is 12.1. The third-order valence-electron chi connectivity index (χ3n) is 2.54. The van der Waals surface area contributed by atoms with Gasteiger partial charge in [0, 0.05) is 27.3 Å². The predicted molar refractivity (Wildman–Crippen MR) is 88.6 cm³/mol. The highest BCUT2D eigenvalue weighted by Gasteiger charge is 2.18. The van der Waals surface area contributed by atoms with Crippen molar-refractivity contribution >= 4 is 17.0 Å². The Labute approximate surface area is 140 Å². The first kappa shape index (κ1) is 21.8. The van der Waals surface area contributed by atoms with Crippen LogP contribution in [0.2, 0.25) is 0 Å². The van der Waals surface area contributed by atoms with Gasteiger partial charge in [0.15, 0.2) is 16.0 Å². The average molecular weight is 349 g/mol. The fourth-order valence-corrected chi connectivity index (χ4v) is 2.14. The molecule has 134 valence electrons. The van der Waals surface area contributed by atoms with Crippen molar-refractivity contribution in [3.63, 3.8) is 0 Å². The van der Waals surface area contributed by atoms with Gasteiger partial charge in [-0.15, -0.1) is 0 Å². The van der Waals surface area contributed by atoms with Crippen LogP contribution < -0.4 is 0 Å². The molecule has 8 heteroatoms. The van der Waals surface area contributed by atoms with Gasteiger partial charge in [0.1, 0.15) is 0 Å². The van der Waals surface area contributed by atoms with E-state index in [0.29, 0.717) is 25.7 Å². The summed E-state index contributed by atoms with van der Waals surface area (Å²) >= 11 is -1.93. The molecule has 0 rings (SSSR count). The topological polar surface area (TPSA) is 96.3 Å². The van der Waals surface area contributed by atoms with Crippen molar-refractivity contribution in [3.05, 3.63) is 23.3 Å². The first-order chi connectivity index (χ1) is 11.0. The normalized spacial score (nSPS) is 13.3. The minimum Gasteiger partial charge on any atom is -0.462 e. The highest BCUT2D eigenvalue weighted by atomic mass is 32.2. The predicted octanol–water partition coefficient (Wildman–Crippen LogP) is 0.714. The largest absolute Gasteiger partial charge is 0.462 e. The molecule has 0 saturated heterocycles. The molecule has 1 unspecified atom stereocenters. The Bertz CT molecular complexity index is 383. The number of aliphatic hydroxyl groups excluding tert-OH is 2. The van der Waals surface area contributed by atoms with E-state index in [4.69, 9.17) is 19.1 Å². The third-order valence-corrected chi connectivity index (χ3v) is 3.58. The van der Waals surface area contributed by atoms with Crippen LogP contribution in [-0.2, 0) is 24.8 Å². The van der Waals surface area contributed by atoms with E-state index in [0.717, 1.165) is 0 Å². The van der Waals surface area contributed by atoms with Crippen LogP contribution in [0, 0.1) is 0 Å². The zero-order valence-electron chi connectivity index (χ0n) is 13.8. The zero-order valence-corrected chi connectivity index (χ0v) is 14.6. The first-order valence-corrected chi connectivity index (χ1v) is 8.59. The van der Waals surface area contributed by atoms with Crippen molar-refractivity contribution < 1.29 is 28.1 Å². The first-order valence-electron chi connectivity index (χ1n) is 7.51. The molecule has 0 saturated carbocycles. The standard InChI is InChI=1S/C15H27NO6S/c1-16(2)9-7-8-14(15(19)21-12-5-3-10-17)23(20)22-13-6-4-11-18/h7-9,17-18H,3-6,10-13H2,1-2H3/b9-7+,14-8+. The van der Waals surface area contributed by atoms with Crippen LogP contribution in [-0.4, -0.2) is 65.8 Å². The van der Waals surface area contributed by atoms with Crippen LogP contribution in [0.15, 0.2) is 23.3 Å². The number of nitrogens with zero attached hydrogens (tertiary/aromatic N) is 1. The van der Waals surface area contributed by atoms with Crippen LogP contribution in [0.5, 0.6) is 0 Å².